The average molecular weight is 323 g/mol. The van der Waals surface area contributed by atoms with Crippen molar-refractivity contribution >= 4 is 41.4 Å². The van der Waals surface area contributed by atoms with Crippen LogP contribution in [-0.2, 0) is 0 Å². The van der Waals surface area contributed by atoms with Gasteiger partial charge in [-0.25, -0.2) is 9.97 Å². The summed E-state index contributed by atoms with van der Waals surface area (Å²) in [4.78, 5) is 13.3. The lowest BCUT2D eigenvalue weighted by atomic mass is 10.1. The van der Waals surface area contributed by atoms with E-state index in [0.717, 1.165) is 33.4 Å². The molecule has 21 heavy (non-hydrogen) atoms. The molecule has 0 saturated carbocycles. The van der Waals surface area contributed by atoms with Crippen LogP contribution >= 0.6 is 24.8 Å². The number of pyridine rings is 1. The summed E-state index contributed by atoms with van der Waals surface area (Å²) in [5.74, 6) is 0.697. The van der Waals surface area contributed by atoms with Crippen LogP contribution in [0.2, 0.25) is 0 Å². The van der Waals surface area contributed by atoms with E-state index in [2.05, 4.69) is 15.0 Å². The quantitative estimate of drug-likeness (QED) is 0.693. The Labute approximate surface area is 135 Å². The first-order chi connectivity index (χ1) is 9.16. The number of halogens is 2. The number of aromatic nitrogens is 3. The van der Waals surface area contributed by atoms with Gasteiger partial charge in [0.15, 0.2) is 5.82 Å². The highest BCUT2D eigenvalue weighted by atomic mass is 35.5. The normalized spacial score (nSPS) is 9.81. The van der Waals surface area contributed by atoms with Gasteiger partial charge in [-0.2, -0.15) is 0 Å². The summed E-state index contributed by atoms with van der Waals surface area (Å²) >= 11 is 0. The lowest BCUT2D eigenvalue weighted by Gasteiger charge is -2.09. The Bertz CT molecular complexity index is 760. The summed E-state index contributed by atoms with van der Waals surface area (Å²) in [6, 6.07) is 7.66. The molecule has 0 aliphatic rings. The smallest absolute Gasteiger partial charge is 0.161 e. The van der Waals surface area contributed by atoms with Crippen LogP contribution in [-0.4, -0.2) is 15.0 Å². The van der Waals surface area contributed by atoms with Gasteiger partial charge in [-0.15, -0.1) is 24.8 Å². The van der Waals surface area contributed by atoms with Gasteiger partial charge in [-0.1, -0.05) is 0 Å². The number of nitrogens with zero attached hydrogens (tertiary/aromatic N) is 3. The zero-order valence-electron chi connectivity index (χ0n) is 11.7. The summed E-state index contributed by atoms with van der Waals surface area (Å²) in [6.45, 7) is 3.98. The number of benzene rings is 1. The molecule has 1 aromatic carbocycles. The standard InChI is InChI=1S/C15H14N4.2ClH/c1-9-12(16)5-6-13-14(9)10(2)18-15(19-13)11-4-3-7-17-8-11;;/h3-8H,16H2,1-2H3;2*1H. The van der Waals surface area contributed by atoms with Gasteiger partial charge in [0.2, 0.25) is 0 Å². The SMILES string of the molecule is Cc1nc(-c2cccnc2)nc2ccc(N)c(C)c12.Cl.Cl. The summed E-state index contributed by atoms with van der Waals surface area (Å²) in [7, 11) is 0. The van der Waals surface area contributed by atoms with E-state index < -0.39 is 0 Å². The van der Waals surface area contributed by atoms with Gasteiger partial charge in [0.05, 0.1) is 5.52 Å². The van der Waals surface area contributed by atoms with E-state index in [0.29, 0.717) is 5.82 Å². The number of aryl methyl sites for hydroxylation is 2. The van der Waals surface area contributed by atoms with E-state index in [1.807, 2.05) is 38.1 Å². The maximum Gasteiger partial charge on any atom is 0.161 e. The predicted molar refractivity (Wildman–Crippen MR) is 91.2 cm³/mol. The molecule has 4 nitrogen and oxygen atoms in total. The average Bonchev–Trinajstić information content (AvgIpc) is 2.43. The van der Waals surface area contributed by atoms with Crippen LogP contribution in [0.3, 0.4) is 0 Å². The van der Waals surface area contributed by atoms with Crippen LogP contribution < -0.4 is 5.73 Å². The monoisotopic (exact) mass is 322 g/mol. The van der Waals surface area contributed by atoms with Crippen LogP contribution in [0.4, 0.5) is 5.69 Å². The highest BCUT2D eigenvalue weighted by Gasteiger charge is 2.10. The molecule has 0 aliphatic carbocycles. The van der Waals surface area contributed by atoms with Gasteiger partial charge in [0, 0.05) is 34.7 Å². The third kappa shape index (κ3) is 3.06. The molecule has 6 heteroatoms. The summed E-state index contributed by atoms with van der Waals surface area (Å²) in [5.41, 5.74) is 10.5. The van der Waals surface area contributed by atoms with Crippen molar-refractivity contribution in [3.8, 4) is 11.4 Å². The van der Waals surface area contributed by atoms with Gasteiger partial charge in [0.25, 0.3) is 0 Å². The topological polar surface area (TPSA) is 64.7 Å². The lowest BCUT2D eigenvalue weighted by Crippen LogP contribution is -1.98. The molecule has 0 saturated heterocycles. The van der Waals surface area contributed by atoms with Crippen LogP contribution in [0.25, 0.3) is 22.3 Å². The first-order valence-electron chi connectivity index (χ1n) is 6.10. The summed E-state index contributed by atoms with van der Waals surface area (Å²) in [6.07, 6.45) is 3.51. The highest BCUT2D eigenvalue weighted by molar-refractivity contribution is 5.89. The molecular formula is C15H16Cl2N4. The van der Waals surface area contributed by atoms with Crippen molar-refractivity contribution in [2.45, 2.75) is 13.8 Å². The summed E-state index contributed by atoms with van der Waals surface area (Å²) in [5, 5.41) is 1.03. The molecule has 110 valence electrons. The third-order valence-electron chi connectivity index (χ3n) is 3.27. The fraction of sp³-hybridized carbons (Fsp3) is 0.133. The molecule has 0 unspecified atom stereocenters. The molecule has 2 heterocycles. The van der Waals surface area contributed by atoms with Gasteiger partial charge in [0.1, 0.15) is 0 Å². The highest BCUT2D eigenvalue weighted by Crippen LogP contribution is 2.26. The zero-order chi connectivity index (χ0) is 13.4. The van der Waals surface area contributed by atoms with Crippen LogP contribution in [0.15, 0.2) is 36.7 Å². The largest absolute Gasteiger partial charge is 0.398 e. The second-order valence-electron chi connectivity index (χ2n) is 4.55. The number of rotatable bonds is 1. The number of nitrogen functional groups attached to an aromatic ring is 1. The fourth-order valence-electron chi connectivity index (χ4n) is 2.24. The van der Waals surface area contributed by atoms with Crippen molar-refractivity contribution in [1.82, 2.24) is 15.0 Å². The number of anilines is 1. The van der Waals surface area contributed by atoms with E-state index in [1.165, 1.54) is 0 Å². The van der Waals surface area contributed by atoms with Crippen molar-refractivity contribution in [2.75, 3.05) is 5.73 Å². The zero-order valence-corrected chi connectivity index (χ0v) is 13.3. The van der Waals surface area contributed by atoms with Gasteiger partial charge >= 0.3 is 0 Å². The first-order valence-corrected chi connectivity index (χ1v) is 6.10. The van der Waals surface area contributed by atoms with Crippen molar-refractivity contribution in [1.29, 1.82) is 0 Å². The Morgan fingerprint density at radius 3 is 2.43 bits per heavy atom. The number of hydrogen-bond acceptors (Lipinski definition) is 4. The molecule has 3 rings (SSSR count). The Kier molecular flexibility index (Phi) is 5.47. The maximum atomic E-state index is 5.94. The maximum absolute atomic E-state index is 5.94. The lowest BCUT2D eigenvalue weighted by molar-refractivity contribution is 1.14. The minimum absolute atomic E-state index is 0. The first kappa shape index (κ1) is 17.1. The minimum Gasteiger partial charge on any atom is -0.398 e. The molecule has 0 spiro atoms. The van der Waals surface area contributed by atoms with Crippen LogP contribution in [0, 0.1) is 13.8 Å². The fourth-order valence-corrected chi connectivity index (χ4v) is 2.24. The van der Waals surface area contributed by atoms with E-state index in [9.17, 15) is 0 Å². The van der Waals surface area contributed by atoms with Gasteiger partial charge in [-0.3, -0.25) is 4.98 Å². The van der Waals surface area contributed by atoms with Crippen molar-refractivity contribution < 1.29 is 0 Å². The van der Waals surface area contributed by atoms with Crippen LogP contribution in [0.1, 0.15) is 11.3 Å². The van der Waals surface area contributed by atoms with Crippen molar-refractivity contribution in [3.63, 3.8) is 0 Å². The second kappa shape index (κ2) is 6.70. The molecule has 2 N–H and O–H groups in total. The molecule has 3 aromatic rings. The number of fused-ring (bicyclic) bond motifs is 1. The van der Waals surface area contributed by atoms with E-state index in [1.54, 1.807) is 12.4 Å². The third-order valence-corrected chi connectivity index (χ3v) is 3.27. The molecule has 0 atom stereocenters. The molecule has 0 aliphatic heterocycles. The van der Waals surface area contributed by atoms with Crippen molar-refractivity contribution in [3.05, 3.63) is 47.9 Å². The number of hydrogen-bond donors (Lipinski definition) is 1. The molecular weight excluding hydrogens is 307 g/mol. The number of nitrogens with two attached hydrogens (primary N) is 1. The molecule has 2 aromatic heterocycles. The molecule has 0 radical (unpaired) electrons. The van der Waals surface area contributed by atoms with E-state index in [4.69, 9.17) is 5.73 Å². The Morgan fingerprint density at radius 1 is 1.00 bits per heavy atom. The van der Waals surface area contributed by atoms with E-state index in [-0.39, 0.29) is 24.8 Å². The predicted octanol–water partition coefficient (Wildman–Crippen LogP) is 3.73. The van der Waals surface area contributed by atoms with Crippen molar-refractivity contribution in [2.24, 2.45) is 0 Å². The molecule has 0 amide bonds. The Hall–Kier alpha value is -1.91. The second-order valence-corrected chi connectivity index (χ2v) is 4.55. The molecule has 0 bridgehead atoms. The molecule has 0 fully saturated rings. The summed E-state index contributed by atoms with van der Waals surface area (Å²) < 4.78 is 0. The van der Waals surface area contributed by atoms with Gasteiger partial charge in [-0.05, 0) is 43.7 Å². The Balaban J connectivity index is 0.00000110. The minimum atomic E-state index is 0. The van der Waals surface area contributed by atoms with E-state index >= 15 is 0 Å². The van der Waals surface area contributed by atoms with Gasteiger partial charge < -0.3 is 5.73 Å². The Morgan fingerprint density at radius 2 is 1.76 bits per heavy atom. The van der Waals surface area contributed by atoms with Crippen LogP contribution in [0.5, 0.6) is 0 Å².